The molecule has 0 saturated heterocycles. The third-order valence-corrected chi connectivity index (χ3v) is 4.69. The summed E-state index contributed by atoms with van der Waals surface area (Å²) < 4.78 is 0. The van der Waals surface area contributed by atoms with Gasteiger partial charge in [0.1, 0.15) is 21.3 Å². The Balaban J connectivity index is 1.93. The lowest BCUT2D eigenvalue weighted by Gasteiger charge is -2.13. The first kappa shape index (κ1) is 12.9. The lowest BCUT2D eigenvalue weighted by Crippen LogP contribution is -2.19. The highest BCUT2D eigenvalue weighted by Crippen LogP contribution is 2.37. The third-order valence-electron chi connectivity index (χ3n) is 3.58. The molecule has 2 aromatic carbocycles. The summed E-state index contributed by atoms with van der Waals surface area (Å²) in [6, 6.07) is 13.9. The van der Waals surface area contributed by atoms with E-state index in [1.807, 2.05) is 30.3 Å². The number of fused-ring (bicyclic) bond motifs is 2. The number of rotatable bonds is 1. The number of carbonyl (C=O) groups is 2. The van der Waals surface area contributed by atoms with Crippen molar-refractivity contribution >= 4 is 22.9 Å². The molecule has 1 heterocycles. The quantitative estimate of drug-likeness (QED) is 0.586. The number of nitrogens with zero attached hydrogens (tertiary/aromatic N) is 1. The lowest BCUT2D eigenvalue weighted by atomic mass is 9.91. The van der Waals surface area contributed by atoms with Crippen LogP contribution in [0.1, 0.15) is 31.3 Å². The molecule has 0 unspecified atom stereocenters. The van der Waals surface area contributed by atoms with Crippen LogP contribution in [-0.2, 0) is 0 Å². The Morgan fingerprint density at radius 1 is 0.909 bits per heavy atom. The highest BCUT2D eigenvalue weighted by atomic mass is 32.1. The van der Waals surface area contributed by atoms with Gasteiger partial charge in [-0.15, -0.1) is 11.3 Å². The monoisotopic (exact) mass is 307 g/mol. The number of phenols is 1. The minimum Gasteiger partial charge on any atom is -0.507 e. The van der Waals surface area contributed by atoms with Gasteiger partial charge in [0.2, 0.25) is 11.6 Å². The van der Waals surface area contributed by atoms with Crippen molar-refractivity contribution in [1.82, 2.24) is 4.98 Å². The van der Waals surface area contributed by atoms with Crippen molar-refractivity contribution in [2.24, 2.45) is 0 Å². The van der Waals surface area contributed by atoms with Crippen molar-refractivity contribution in [3.63, 3.8) is 0 Å². The second kappa shape index (κ2) is 4.61. The van der Waals surface area contributed by atoms with Gasteiger partial charge < -0.3 is 5.11 Å². The molecule has 0 spiro atoms. The van der Waals surface area contributed by atoms with Crippen LogP contribution in [-0.4, -0.2) is 21.7 Å². The SMILES string of the molecule is O=C1c2cccc(O)c2C(=O)c2sc(-c3ccccc3)nc21. The summed E-state index contributed by atoms with van der Waals surface area (Å²) in [5.74, 6) is -0.836. The van der Waals surface area contributed by atoms with E-state index in [0.29, 0.717) is 5.01 Å². The molecule has 0 fully saturated rings. The maximum absolute atomic E-state index is 12.6. The first-order valence-corrected chi connectivity index (χ1v) is 7.46. The number of ketones is 2. The molecule has 3 aromatic rings. The highest BCUT2D eigenvalue weighted by molar-refractivity contribution is 7.17. The lowest BCUT2D eigenvalue weighted by molar-refractivity contribution is 0.0977. The second-order valence-corrected chi connectivity index (χ2v) is 5.92. The summed E-state index contributed by atoms with van der Waals surface area (Å²) in [5.41, 5.74) is 1.31. The fraction of sp³-hybridized carbons (Fsp3) is 0. The van der Waals surface area contributed by atoms with Gasteiger partial charge in [-0.05, 0) is 12.1 Å². The molecule has 0 aliphatic heterocycles. The number of aromatic nitrogens is 1. The van der Waals surface area contributed by atoms with E-state index in [-0.39, 0.29) is 39.0 Å². The van der Waals surface area contributed by atoms with Gasteiger partial charge in [-0.2, -0.15) is 0 Å². The molecule has 0 atom stereocenters. The molecule has 0 saturated carbocycles. The Morgan fingerprint density at radius 2 is 1.68 bits per heavy atom. The molecule has 0 amide bonds. The smallest absolute Gasteiger partial charge is 0.213 e. The first-order chi connectivity index (χ1) is 10.7. The van der Waals surface area contributed by atoms with E-state index < -0.39 is 0 Å². The number of aromatic hydroxyl groups is 1. The van der Waals surface area contributed by atoms with Crippen LogP contribution in [0.2, 0.25) is 0 Å². The zero-order valence-electron chi connectivity index (χ0n) is 11.2. The first-order valence-electron chi connectivity index (χ1n) is 6.64. The van der Waals surface area contributed by atoms with Gasteiger partial charge >= 0.3 is 0 Å². The average Bonchev–Trinajstić information content (AvgIpc) is 2.99. The molecular formula is C17H9NO3S. The molecule has 1 aliphatic carbocycles. The molecular weight excluding hydrogens is 298 g/mol. The van der Waals surface area contributed by atoms with Gasteiger partial charge in [0.25, 0.3) is 0 Å². The maximum Gasteiger partial charge on any atom is 0.213 e. The maximum atomic E-state index is 12.6. The van der Waals surface area contributed by atoms with Crippen molar-refractivity contribution in [3.05, 3.63) is 70.2 Å². The van der Waals surface area contributed by atoms with Crippen LogP contribution >= 0.6 is 11.3 Å². The second-order valence-electron chi connectivity index (χ2n) is 4.92. The molecule has 5 heteroatoms. The predicted molar refractivity (Wildman–Crippen MR) is 82.5 cm³/mol. The summed E-state index contributed by atoms with van der Waals surface area (Å²) in [7, 11) is 0. The van der Waals surface area contributed by atoms with Gasteiger partial charge in [0, 0.05) is 11.1 Å². The summed E-state index contributed by atoms with van der Waals surface area (Å²) in [5, 5.41) is 10.5. The van der Waals surface area contributed by atoms with Crippen molar-refractivity contribution in [2.45, 2.75) is 0 Å². The number of hydrogen-bond donors (Lipinski definition) is 1. The zero-order valence-corrected chi connectivity index (χ0v) is 12.1. The molecule has 1 N–H and O–H groups in total. The Kier molecular flexibility index (Phi) is 2.71. The molecule has 1 aliphatic rings. The summed E-state index contributed by atoms with van der Waals surface area (Å²) in [6.07, 6.45) is 0. The van der Waals surface area contributed by atoms with E-state index in [9.17, 15) is 14.7 Å². The number of benzene rings is 2. The van der Waals surface area contributed by atoms with Crippen LogP contribution in [0.3, 0.4) is 0 Å². The molecule has 0 radical (unpaired) electrons. The zero-order chi connectivity index (χ0) is 15.3. The van der Waals surface area contributed by atoms with Gasteiger partial charge in [-0.1, -0.05) is 36.4 Å². The summed E-state index contributed by atoms with van der Waals surface area (Å²) in [6.45, 7) is 0. The highest BCUT2D eigenvalue weighted by Gasteiger charge is 2.35. The normalized spacial score (nSPS) is 12.9. The summed E-state index contributed by atoms with van der Waals surface area (Å²) in [4.78, 5) is 29.7. The Bertz CT molecular complexity index is 928. The minimum atomic E-state index is -0.345. The molecule has 22 heavy (non-hydrogen) atoms. The van der Waals surface area contributed by atoms with Crippen LogP contribution in [0.25, 0.3) is 10.6 Å². The van der Waals surface area contributed by atoms with E-state index in [2.05, 4.69) is 4.98 Å². The number of hydrogen-bond acceptors (Lipinski definition) is 5. The van der Waals surface area contributed by atoms with Crippen LogP contribution in [0.4, 0.5) is 0 Å². The van der Waals surface area contributed by atoms with Crippen LogP contribution in [0.15, 0.2) is 48.5 Å². The average molecular weight is 307 g/mol. The van der Waals surface area contributed by atoms with Crippen LogP contribution < -0.4 is 0 Å². The van der Waals surface area contributed by atoms with Crippen molar-refractivity contribution in [2.75, 3.05) is 0 Å². The predicted octanol–water partition coefficient (Wildman–Crippen LogP) is 3.29. The van der Waals surface area contributed by atoms with Crippen molar-refractivity contribution in [3.8, 4) is 16.3 Å². The molecule has 4 nitrogen and oxygen atoms in total. The van der Waals surface area contributed by atoms with E-state index >= 15 is 0 Å². The Hall–Kier alpha value is -2.79. The minimum absolute atomic E-state index is 0.0725. The third kappa shape index (κ3) is 1.72. The van der Waals surface area contributed by atoms with Crippen LogP contribution in [0.5, 0.6) is 5.75 Å². The van der Waals surface area contributed by atoms with Gasteiger partial charge in [0.15, 0.2) is 0 Å². The number of carbonyl (C=O) groups excluding carboxylic acids is 2. The van der Waals surface area contributed by atoms with Crippen LogP contribution in [0, 0.1) is 0 Å². The Morgan fingerprint density at radius 3 is 2.45 bits per heavy atom. The van der Waals surface area contributed by atoms with Crippen molar-refractivity contribution in [1.29, 1.82) is 0 Å². The van der Waals surface area contributed by atoms with Gasteiger partial charge in [-0.3, -0.25) is 9.59 Å². The fourth-order valence-electron chi connectivity index (χ4n) is 2.54. The number of phenolic OH excluding ortho intramolecular Hbond substituents is 1. The van der Waals surface area contributed by atoms with Gasteiger partial charge in [0.05, 0.1) is 5.56 Å². The van der Waals surface area contributed by atoms with E-state index in [0.717, 1.165) is 5.56 Å². The van der Waals surface area contributed by atoms with E-state index in [1.165, 1.54) is 17.4 Å². The Labute approximate surface area is 129 Å². The molecule has 1 aromatic heterocycles. The van der Waals surface area contributed by atoms with Gasteiger partial charge in [-0.25, -0.2) is 4.98 Å². The van der Waals surface area contributed by atoms with E-state index in [1.54, 1.807) is 12.1 Å². The standard InChI is InChI=1S/C17H9NO3S/c19-11-8-4-7-10-12(11)15(21)16-13(14(10)20)18-17(22-16)9-5-2-1-3-6-9/h1-8,19H. The molecule has 106 valence electrons. The topological polar surface area (TPSA) is 67.3 Å². The number of thiazole rings is 1. The van der Waals surface area contributed by atoms with E-state index in [4.69, 9.17) is 0 Å². The largest absolute Gasteiger partial charge is 0.507 e. The van der Waals surface area contributed by atoms with Crippen molar-refractivity contribution < 1.29 is 14.7 Å². The molecule has 0 bridgehead atoms. The fourth-order valence-corrected chi connectivity index (χ4v) is 3.56. The molecule has 4 rings (SSSR count). The summed E-state index contributed by atoms with van der Waals surface area (Å²) >= 11 is 1.18.